The Morgan fingerprint density at radius 3 is 2.92 bits per heavy atom. The first-order valence-electron chi connectivity index (χ1n) is 8.49. The maximum absolute atomic E-state index is 12.4. The Labute approximate surface area is 145 Å². The molecule has 2 aliphatic rings. The molecule has 0 aromatic carbocycles. The van der Waals surface area contributed by atoms with Crippen molar-refractivity contribution in [3.05, 3.63) is 47.6 Å². The molecule has 1 spiro atoms. The molecule has 0 radical (unpaired) electrons. The molecule has 1 amide bonds. The van der Waals surface area contributed by atoms with Gasteiger partial charge in [-0.15, -0.1) is 0 Å². The minimum absolute atomic E-state index is 0.102. The Bertz CT molecular complexity index is 740. The Kier molecular flexibility index (Phi) is 4.27. The standard InChI is InChI=1S/C18H21N3O4/c1-13-8-16(20-25-13)17(22)21-11-18(12-21)15(4-7-24-18)10-23-9-14-2-5-19-6-3-14/h2-3,5-6,8,15H,4,7,9-12H2,1H3. The van der Waals surface area contributed by atoms with Crippen molar-refractivity contribution in [2.24, 2.45) is 5.92 Å². The molecule has 7 nitrogen and oxygen atoms in total. The van der Waals surface area contributed by atoms with Gasteiger partial charge in [0.2, 0.25) is 0 Å². The van der Waals surface area contributed by atoms with E-state index in [1.807, 2.05) is 12.1 Å². The average Bonchev–Trinajstić information content (AvgIpc) is 3.20. The number of ether oxygens (including phenoxy) is 2. The molecular weight excluding hydrogens is 322 g/mol. The molecule has 4 rings (SSSR count). The van der Waals surface area contributed by atoms with E-state index in [-0.39, 0.29) is 11.5 Å². The second kappa shape index (κ2) is 6.57. The lowest BCUT2D eigenvalue weighted by Crippen LogP contribution is -2.66. The zero-order valence-corrected chi connectivity index (χ0v) is 14.2. The van der Waals surface area contributed by atoms with Gasteiger partial charge in [-0.25, -0.2) is 0 Å². The van der Waals surface area contributed by atoms with Crippen molar-refractivity contribution in [2.45, 2.75) is 25.6 Å². The van der Waals surface area contributed by atoms with E-state index in [1.165, 1.54) is 0 Å². The van der Waals surface area contributed by atoms with Crippen LogP contribution in [0.4, 0.5) is 0 Å². The summed E-state index contributed by atoms with van der Waals surface area (Å²) in [7, 11) is 0. The second-order valence-electron chi connectivity index (χ2n) is 6.75. The highest BCUT2D eigenvalue weighted by Crippen LogP contribution is 2.40. The van der Waals surface area contributed by atoms with Gasteiger partial charge in [-0.3, -0.25) is 9.78 Å². The van der Waals surface area contributed by atoms with Crippen LogP contribution < -0.4 is 0 Å². The highest BCUT2D eigenvalue weighted by Gasteiger charge is 2.54. The van der Waals surface area contributed by atoms with Crippen LogP contribution in [0.25, 0.3) is 0 Å². The number of nitrogens with zero attached hydrogens (tertiary/aromatic N) is 3. The first kappa shape index (κ1) is 16.2. The number of aryl methyl sites for hydroxylation is 1. The van der Waals surface area contributed by atoms with Crippen LogP contribution in [0.15, 0.2) is 35.1 Å². The summed E-state index contributed by atoms with van der Waals surface area (Å²) < 4.78 is 16.8. The van der Waals surface area contributed by atoms with Crippen LogP contribution in [0.2, 0.25) is 0 Å². The van der Waals surface area contributed by atoms with Crippen molar-refractivity contribution in [2.75, 3.05) is 26.3 Å². The van der Waals surface area contributed by atoms with Crippen LogP contribution in [0.5, 0.6) is 0 Å². The number of carbonyl (C=O) groups is 1. The summed E-state index contributed by atoms with van der Waals surface area (Å²) in [6.45, 7) is 4.86. The molecule has 2 aliphatic heterocycles. The van der Waals surface area contributed by atoms with Gasteiger partial charge in [0.1, 0.15) is 11.4 Å². The van der Waals surface area contributed by atoms with Gasteiger partial charge >= 0.3 is 0 Å². The fourth-order valence-corrected chi connectivity index (χ4v) is 3.54. The van der Waals surface area contributed by atoms with E-state index in [1.54, 1.807) is 30.3 Å². The molecule has 0 saturated carbocycles. The van der Waals surface area contributed by atoms with Gasteiger partial charge in [-0.2, -0.15) is 0 Å². The van der Waals surface area contributed by atoms with E-state index in [0.29, 0.717) is 50.3 Å². The monoisotopic (exact) mass is 343 g/mol. The van der Waals surface area contributed by atoms with Gasteiger partial charge in [0.05, 0.1) is 26.3 Å². The number of amides is 1. The molecule has 132 valence electrons. The SMILES string of the molecule is Cc1cc(C(=O)N2CC3(C2)OCCC3COCc2ccncc2)no1. The largest absolute Gasteiger partial charge is 0.376 e. The molecule has 2 saturated heterocycles. The van der Waals surface area contributed by atoms with E-state index < -0.39 is 0 Å². The number of rotatable bonds is 5. The van der Waals surface area contributed by atoms with Crippen molar-refractivity contribution in [1.29, 1.82) is 0 Å². The number of likely N-dealkylation sites (tertiary alicyclic amines) is 1. The lowest BCUT2D eigenvalue weighted by molar-refractivity contribution is -0.129. The summed E-state index contributed by atoms with van der Waals surface area (Å²) in [5.74, 6) is 0.838. The smallest absolute Gasteiger partial charge is 0.276 e. The fourth-order valence-electron chi connectivity index (χ4n) is 3.54. The Hall–Kier alpha value is -2.25. The van der Waals surface area contributed by atoms with Gasteiger partial charge in [0, 0.05) is 31.0 Å². The molecule has 2 aromatic heterocycles. The highest BCUT2D eigenvalue weighted by molar-refractivity contribution is 5.93. The highest BCUT2D eigenvalue weighted by atomic mass is 16.5. The number of hydrogen-bond acceptors (Lipinski definition) is 6. The van der Waals surface area contributed by atoms with E-state index in [4.69, 9.17) is 14.0 Å². The third-order valence-corrected chi connectivity index (χ3v) is 4.99. The molecule has 1 unspecified atom stereocenters. The van der Waals surface area contributed by atoms with Crippen molar-refractivity contribution < 1.29 is 18.8 Å². The zero-order chi connectivity index (χ0) is 17.3. The summed E-state index contributed by atoms with van der Waals surface area (Å²) in [6, 6.07) is 5.56. The maximum atomic E-state index is 12.4. The summed E-state index contributed by atoms with van der Waals surface area (Å²) in [5, 5.41) is 3.80. The van der Waals surface area contributed by atoms with E-state index >= 15 is 0 Å². The third-order valence-electron chi connectivity index (χ3n) is 4.99. The fraction of sp³-hybridized carbons (Fsp3) is 0.500. The summed E-state index contributed by atoms with van der Waals surface area (Å²) in [4.78, 5) is 18.2. The summed E-state index contributed by atoms with van der Waals surface area (Å²) in [6.07, 6.45) is 4.49. The molecule has 0 N–H and O–H groups in total. The third kappa shape index (κ3) is 3.17. The van der Waals surface area contributed by atoms with Crippen molar-refractivity contribution in [3.8, 4) is 0 Å². The first-order valence-corrected chi connectivity index (χ1v) is 8.49. The predicted octanol–water partition coefficient (Wildman–Crippen LogP) is 1.83. The number of pyridine rings is 1. The van der Waals surface area contributed by atoms with Gasteiger partial charge < -0.3 is 18.9 Å². The molecule has 7 heteroatoms. The van der Waals surface area contributed by atoms with Crippen LogP contribution >= 0.6 is 0 Å². The summed E-state index contributed by atoms with van der Waals surface area (Å²) in [5.41, 5.74) is 1.19. The lowest BCUT2D eigenvalue weighted by atomic mass is 9.81. The molecule has 2 aromatic rings. The zero-order valence-electron chi connectivity index (χ0n) is 14.2. The normalized spacial score (nSPS) is 21.5. The van der Waals surface area contributed by atoms with E-state index in [2.05, 4.69) is 10.1 Å². The molecule has 0 aliphatic carbocycles. The molecule has 2 fully saturated rings. The van der Waals surface area contributed by atoms with E-state index in [9.17, 15) is 4.79 Å². The average molecular weight is 343 g/mol. The Morgan fingerprint density at radius 2 is 2.20 bits per heavy atom. The van der Waals surface area contributed by atoms with Gasteiger partial charge in [-0.1, -0.05) is 5.16 Å². The van der Waals surface area contributed by atoms with E-state index in [0.717, 1.165) is 12.0 Å². The number of hydrogen-bond donors (Lipinski definition) is 0. The Balaban J connectivity index is 1.31. The molecule has 1 atom stereocenters. The summed E-state index contributed by atoms with van der Waals surface area (Å²) >= 11 is 0. The van der Waals surface area contributed by atoms with Crippen LogP contribution in [0, 0.1) is 12.8 Å². The Morgan fingerprint density at radius 1 is 1.40 bits per heavy atom. The number of carbonyl (C=O) groups excluding carboxylic acids is 1. The molecule has 25 heavy (non-hydrogen) atoms. The second-order valence-corrected chi connectivity index (χ2v) is 6.75. The van der Waals surface area contributed by atoms with Crippen molar-refractivity contribution >= 4 is 5.91 Å². The molecule has 0 bridgehead atoms. The van der Waals surface area contributed by atoms with Crippen molar-refractivity contribution in [1.82, 2.24) is 15.0 Å². The van der Waals surface area contributed by atoms with Crippen LogP contribution in [-0.2, 0) is 16.1 Å². The number of aromatic nitrogens is 2. The topological polar surface area (TPSA) is 77.7 Å². The minimum atomic E-state index is -0.271. The minimum Gasteiger partial charge on any atom is -0.376 e. The lowest BCUT2D eigenvalue weighted by Gasteiger charge is -2.49. The molecular formula is C18H21N3O4. The van der Waals surface area contributed by atoms with Gasteiger partial charge in [0.25, 0.3) is 5.91 Å². The molecule has 4 heterocycles. The van der Waals surface area contributed by atoms with Crippen LogP contribution in [0.3, 0.4) is 0 Å². The van der Waals surface area contributed by atoms with Gasteiger partial charge in [-0.05, 0) is 31.0 Å². The maximum Gasteiger partial charge on any atom is 0.276 e. The predicted molar refractivity (Wildman–Crippen MR) is 87.8 cm³/mol. The van der Waals surface area contributed by atoms with Crippen LogP contribution in [-0.4, -0.2) is 52.9 Å². The van der Waals surface area contributed by atoms with Crippen LogP contribution in [0.1, 0.15) is 28.2 Å². The first-order chi connectivity index (χ1) is 12.2. The van der Waals surface area contributed by atoms with Gasteiger partial charge in [0.15, 0.2) is 5.69 Å². The van der Waals surface area contributed by atoms with Crippen molar-refractivity contribution in [3.63, 3.8) is 0 Å². The quantitative estimate of drug-likeness (QED) is 0.824.